The Kier molecular flexibility index (Phi) is 5.44. The lowest BCUT2D eigenvalue weighted by Crippen LogP contribution is -2.25. The summed E-state index contributed by atoms with van der Waals surface area (Å²) in [5.41, 5.74) is 2.49. The van der Waals surface area contributed by atoms with E-state index in [-0.39, 0.29) is 6.04 Å². The third kappa shape index (κ3) is 4.11. The smallest absolute Gasteiger partial charge is 0.138 e. The van der Waals surface area contributed by atoms with E-state index in [0.717, 1.165) is 25.3 Å². The van der Waals surface area contributed by atoms with Crippen LogP contribution in [0.15, 0.2) is 24.8 Å². The van der Waals surface area contributed by atoms with Crippen LogP contribution in [0.5, 0.6) is 0 Å². The standard InChI is InChI=1S/C16H25N5/c1-5-18-15(14-6-7-17-9-13(14)4)8-16-19-11-20-21(16)10-12(2)3/h6-7,9,11-12,15,18H,5,8,10H2,1-4H3. The maximum atomic E-state index is 4.44. The molecule has 0 aliphatic rings. The van der Waals surface area contributed by atoms with Crippen LogP contribution in [0, 0.1) is 12.8 Å². The van der Waals surface area contributed by atoms with E-state index in [0.29, 0.717) is 5.92 Å². The van der Waals surface area contributed by atoms with Gasteiger partial charge in [0.15, 0.2) is 0 Å². The Morgan fingerprint density at radius 1 is 1.33 bits per heavy atom. The molecule has 2 aromatic rings. The lowest BCUT2D eigenvalue weighted by molar-refractivity contribution is 0.446. The van der Waals surface area contributed by atoms with Crippen LogP contribution < -0.4 is 5.32 Å². The number of aryl methyl sites for hydroxylation is 1. The van der Waals surface area contributed by atoms with Gasteiger partial charge in [-0.15, -0.1) is 0 Å². The average molecular weight is 287 g/mol. The second-order valence-electron chi connectivity index (χ2n) is 5.80. The third-order valence-corrected chi connectivity index (χ3v) is 3.51. The number of likely N-dealkylation sites (N-methyl/N-ethyl adjacent to an activating group) is 1. The predicted molar refractivity (Wildman–Crippen MR) is 84.0 cm³/mol. The molecule has 0 aliphatic carbocycles. The first-order valence-electron chi connectivity index (χ1n) is 7.62. The van der Waals surface area contributed by atoms with E-state index in [1.54, 1.807) is 6.33 Å². The number of nitrogens with one attached hydrogen (secondary N) is 1. The number of hydrogen-bond donors (Lipinski definition) is 1. The molecule has 0 saturated heterocycles. The molecule has 114 valence electrons. The molecule has 2 heterocycles. The second kappa shape index (κ2) is 7.31. The van der Waals surface area contributed by atoms with E-state index in [1.807, 2.05) is 17.1 Å². The van der Waals surface area contributed by atoms with Gasteiger partial charge in [-0.1, -0.05) is 20.8 Å². The monoisotopic (exact) mass is 287 g/mol. The highest BCUT2D eigenvalue weighted by Gasteiger charge is 2.17. The summed E-state index contributed by atoms with van der Waals surface area (Å²) in [4.78, 5) is 8.62. The van der Waals surface area contributed by atoms with Gasteiger partial charge in [0, 0.05) is 31.4 Å². The van der Waals surface area contributed by atoms with Crippen LogP contribution in [0.4, 0.5) is 0 Å². The van der Waals surface area contributed by atoms with Crippen LogP contribution in [-0.2, 0) is 13.0 Å². The molecule has 2 aromatic heterocycles. The number of rotatable bonds is 7. The molecule has 5 nitrogen and oxygen atoms in total. The molecule has 0 amide bonds. The van der Waals surface area contributed by atoms with Crippen molar-refractivity contribution >= 4 is 0 Å². The number of hydrogen-bond acceptors (Lipinski definition) is 4. The number of pyridine rings is 1. The normalized spacial score (nSPS) is 12.8. The summed E-state index contributed by atoms with van der Waals surface area (Å²) in [5.74, 6) is 1.59. The molecule has 1 atom stereocenters. The van der Waals surface area contributed by atoms with E-state index in [2.05, 4.69) is 54.1 Å². The first kappa shape index (κ1) is 15.6. The fraction of sp³-hybridized carbons (Fsp3) is 0.562. The molecule has 0 aliphatic heterocycles. The molecule has 0 bridgehead atoms. The minimum Gasteiger partial charge on any atom is -0.310 e. The fourth-order valence-electron chi connectivity index (χ4n) is 2.54. The molecule has 21 heavy (non-hydrogen) atoms. The molecule has 0 spiro atoms. The zero-order chi connectivity index (χ0) is 15.2. The highest BCUT2D eigenvalue weighted by atomic mass is 15.3. The Hall–Kier alpha value is -1.75. The van der Waals surface area contributed by atoms with Gasteiger partial charge < -0.3 is 5.32 Å². The van der Waals surface area contributed by atoms with E-state index in [4.69, 9.17) is 0 Å². The number of aromatic nitrogens is 4. The summed E-state index contributed by atoms with van der Waals surface area (Å²) in [5, 5.41) is 7.90. The van der Waals surface area contributed by atoms with Crippen molar-refractivity contribution in [3.8, 4) is 0 Å². The third-order valence-electron chi connectivity index (χ3n) is 3.51. The molecule has 0 fully saturated rings. The van der Waals surface area contributed by atoms with Gasteiger partial charge in [0.1, 0.15) is 12.2 Å². The SMILES string of the molecule is CCNC(Cc1ncnn1CC(C)C)c1ccncc1C. The Labute approximate surface area is 126 Å². The maximum absolute atomic E-state index is 4.44. The Balaban J connectivity index is 2.21. The van der Waals surface area contributed by atoms with E-state index in [1.165, 1.54) is 11.1 Å². The van der Waals surface area contributed by atoms with Crippen molar-refractivity contribution in [1.29, 1.82) is 0 Å². The largest absolute Gasteiger partial charge is 0.310 e. The highest BCUT2D eigenvalue weighted by Crippen LogP contribution is 2.20. The highest BCUT2D eigenvalue weighted by molar-refractivity contribution is 5.26. The molecular weight excluding hydrogens is 262 g/mol. The van der Waals surface area contributed by atoms with Crippen LogP contribution in [-0.4, -0.2) is 26.3 Å². The lowest BCUT2D eigenvalue weighted by atomic mass is 10.00. The first-order chi connectivity index (χ1) is 10.1. The molecular formula is C16H25N5. The maximum Gasteiger partial charge on any atom is 0.138 e. The van der Waals surface area contributed by atoms with Crippen molar-refractivity contribution < 1.29 is 0 Å². The first-order valence-corrected chi connectivity index (χ1v) is 7.62. The van der Waals surface area contributed by atoms with Gasteiger partial charge in [-0.25, -0.2) is 9.67 Å². The predicted octanol–water partition coefficient (Wildman–Crippen LogP) is 2.53. The average Bonchev–Trinajstić information content (AvgIpc) is 2.85. The van der Waals surface area contributed by atoms with E-state index >= 15 is 0 Å². The molecule has 1 unspecified atom stereocenters. The van der Waals surface area contributed by atoms with Crippen LogP contribution >= 0.6 is 0 Å². The number of nitrogens with zero attached hydrogens (tertiary/aromatic N) is 4. The molecule has 0 saturated carbocycles. The van der Waals surface area contributed by atoms with Crippen LogP contribution in [0.3, 0.4) is 0 Å². The van der Waals surface area contributed by atoms with E-state index < -0.39 is 0 Å². The summed E-state index contributed by atoms with van der Waals surface area (Å²) in [6.45, 7) is 10.4. The van der Waals surface area contributed by atoms with Crippen molar-refractivity contribution in [2.24, 2.45) is 5.92 Å². The zero-order valence-electron chi connectivity index (χ0n) is 13.4. The van der Waals surface area contributed by atoms with Crippen molar-refractivity contribution in [1.82, 2.24) is 25.1 Å². The van der Waals surface area contributed by atoms with Crippen molar-refractivity contribution in [2.75, 3.05) is 6.54 Å². The molecule has 5 heteroatoms. The fourth-order valence-corrected chi connectivity index (χ4v) is 2.54. The van der Waals surface area contributed by atoms with Gasteiger partial charge >= 0.3 is 0 Å². The zero-order valence-corrected chi connectivity index (χ0v) is 13.4. The summed E-state index contributed by atoms with van der Waals surface area (Å²) in [7, 11) is 0. The minimum absolute atomic E-state index is 0.244. The minimum atomic E-state index is 0.244. The second-order valence-corrected chi connectivity index (χ2v) is 5.80. The Morgan fingerprint density at radius 3 is 2.81 bits per heavy atom. The summed E-state index contributed by atoms with van der Waals surface area (Å²) in [6.07, 6.45) is 6.26. The summed E-state index contributed by atoms with van der Waals surface area (Å²) in [6, 6.07) is 2.33. The van der Waals surface area contributed by atoms with Gasteiger partial charge in [0.05, 0.1) is 0 Å². The van der Waals surface area contributed by atoms with Gasteiger partial charge in [-0.2, -0.15) is 5.10 Å². The van der Waals surface area contributed by atoms with Gasteiger partial charge in [-0.05, 0) is 36.6 Å². The molecule has 2 rings (SSSR count). The van der Waals surface area contributed by atoms with Crippen molar-refractivity contribution in [2.45, 2.75) is 46.7 Å². The Morgan fingerprint density at radius 2 is 2.14 bits per heavy atom. The molecule has 1 N–H and O–H groups in total. The van der Waals surface area contributed by atoms with Crippen LogP contribution in [0.25, 0.3) is 0 Å². The molecule has 0 radical (unpaired) electrons. The van der Waals surface area contributed by atoms with Crippen LogP contribution in [0.1, 0.15) is 43.8 Å². The Bertz CT molecular complexity index is 561. The molecule has 0 aromatic carbocycles. The summed E-state index contributed by atoms with van der Waals surface area (Å²) >= 11 is 0. The van der Waals surface area contributed by atoms with E-state index in [9.17, 15) is 0 Å². The van der Waals surface area contributed by atoms with Crippen molar-refractivity contribution in [3.63, 3.8) is 0 Å². The van der Waals surface area contributed by atoms with Gasteiger partial charge in [-0.3, -0.25) is 4.98 Å². The van der Waals surface area contributed by atoms with Gasteiger partial charge in [0.2, 0.25) is 0 Å². The van der Waals surface area contributed by atoms with Crippen molar-refractivity contribution in [3.05, 3.63) is 41.7 Å². The summed E-state index contributed by atoms with van der Waals surface area (Å²) < 4.78 is 2.02. The lowest BCUT2D eigenvalue weighted by Gasteiger charge is -2.20. The van der Waals surface area contributed by atoms with Crippen LogP contribution in [0.2, 0.25) is 0 Å². The quantitative estimate of drug-likeness (QED) is 0.850. The topological polar surface area (TPSA) is 55.6 Å². The van der Waals surface area contributed by atoms with Gasteiger partial charge in [0.25, 0.3) is 0 Å².